The third kappa shape index (κ3) is 3.87. The zero-order chi connectivity index (χ0) is 14.9. The number of hydrogen-bond acceptors (Lipinski definition) is 5. The summed E-state index contributed by atoms with van der Waals surface area (Å²) in [4.78, 5) is 6.50. The van der Waals surface area contributed by atoms with Gasteiger partial charge in [0.2, 0.25) is 5.89 Å². The van der Waals surface area contributed by atoms with E-state index in [0.717, 1.165) is 11.0 Å². The summed E-state index contributed by atoms with van der Waals surface area (Å²) < 4.78 is 6.16. The van der Waals surface area contributed by atoms with Crippen molar-refractivity contribution in [2.45, 2.75) is 31.3 Å². The number of likely N-dealkylation sites (N-methyl/N-ethyl adjacent to an activating group) is 1. The lowest BCUT2D eigenvalue weighted by atomic mass is 9.95. The van der Waals surface area contributed by atoms with E-state index in [0.29, 0.717) is 24.8 Å². The Morgan fingerprint density at radius 1 is 1.32 bits per heavy atom. The van der Waals surface area contributed by atoms with E-state index in [-0.39, 0.29) is 17.8 Å². The fourth-order valence-corrected chi connectivity index (χ4v) is 3.01. The molecule has 0 bridgehead atoms. The molecule has 0 aliphatic heterocycles. The van der Waals surface area contributed by atoms with Crippen molar-refractivity contribution in [2.24, 2.45) is 5.73 Å². The van der Waals surface area contributed by atoms with Crippen LogP contribution in [0.5, 0.6) is 0 Å². The van der Waals surface area contributed by atoms with Gasteiger partial charge < -0.3 is 10.3 Å². The lowest BCUT2D eigenvalue weighted by Crippen LogP contribution is -2.29. The van der Waals surface area contributed by atoms with Gasteiger partial charge in [0.25, 0.3) is 0 Å². The molecule has 1 aromatic heterocycles. The van der Waals surface area contributed by atoms with Gasteiger partial charge in [0, 0.05) is 16.4 Å². The molecular weight excluding hydrogens is 368 g/mol. The standard InChI is InChI=1S/C15H19BrN4O.ClH/c1-20(9-13-18-14(8-17)21-19-13)10-15(6-7-15)11-2-4-12(16)5-3-11;/h2-5H,6-10,17H2,1H3;1H. The Kier molecular flexibility index (Phi) is 5.60. The maximum absolute atomic E-state index is 5.48. The number of rotatable bonds is 6. The molecule has 1 aliphatic carbocycles. The van der Waals surface area contributed by atoms with E-state index in [1.807, 2.05) is 0 Å². The summed E-state index contributed by atoms with van der Waals surface area (Å²) in [6, 6.07) is 8.65. The quantitative estimate of drug-likeness (QED) is 0.825. The molecule has 3 rings (SSSR count). The van der Waals surface area contributed by atoms with Crippen molar-refractivity contribution in [1.29, 1.82) is 0 Å². The number of benzene rings is 1. The molecule has 0 amide bonds. The van der Waals surface area contributed by atoms with Crippen molar-refractivity contribution in [3.05, 3.63) is 46.0 Å². The molecule has 1 fully saturated rings. The fourth-order valence-electron chi connectivity index (χ4n) is 2.74. The van der Waals surface area contributed by atoms with Crippen LogP contribution < -0.4 is 5.73 Å². The first-order valence-corrected chi connectivity index (χ1v) is 7.87. The van der Waals surface area contributed by atoms with Crippen molar-refractivity contribution in [3.63, 3.8) is 0 Å². The van der Waals surface area contributed by atoms with Gasteiger partial charge in [0.1, 0.15) is 0 Å². The first-order valence-electron chi connectivity index (χ1n) is 7.07. The molecule has 0 unspecified atom stereocenters. The second kappa shape index (κ2) is 7.08. The molecule has 120 valence electrons. The third-order valence-corrected chi connectivity index (χ3v) is 4.51. The molecule has 0 saturated heterocycles. The van der Waals surface area contributed by atoms with Crippen LogP contribution in [0.1, 0.15) is 30.1 Å². The molecule has 0 radical (unpaired) electrons. The van der Waals surface area contributed by atoms with Crippen LogP contribution in [0, 0.1) is 0 Å². The Morgan fingerprint density at radius 2 is 2.00 bits per heavy atom. The van der Waals surface area contributed by atoms with Crippen LogP contribution in [0.2, 0.25) is 0 Å². The van der Waals surface area contributed by atoms with E-state index in [4.69, 9.17) is 10.3 Å². The van der Waals surface area contributed by atoms with E-state index in [1.165, 1.54) is 18.4 Å². The predicted molar refractivity (Wildman–Crippen MR) is 90.8 cm³/mol. The highest BCUT2D eigenvalue weighted by atomic mass is 79.9. The van der Waals surface area contributed by atoms with Crippen LogP contribution in [0.15, 0.2) is 33.3 Å². The van der Waals surface area contributed by atoms with Crippen molar-refractivity contribution < 1.29 is 4.52 Å². The van der Waals surface area contributed by atoms with Gasteiger partial charge in [0.05, 0.1) is 13.1 Å². The van der Waals surface area contributed by atoms with Crippen LogP contribution in [-0.2, 0) is 18.5 Å². The van der Waals surface area contributed by atoms with Crippen LogP contribution >= 0.6 is 28.3 Å². The van der Waals surface area contributed by atoms with Gasteiger partial charge in [-0.2, -0.15) is 4.98 Å². The summed E-state index contributed by atoms with van der Waals surface area (Å²) >= 11 is 3.49. The minimum Gasteiger partial charge on any atom is -0.338 e. The number of aromatic nitrogens is 2. The molecular formula is C15H20BrClN4O. The van der Waals surface area contributed by atoms with Gasteiger partial charge in [0.15, 0.2) is 5.82 Å². The number of nitrogens with two attached hydrogens (primary N) is 1. The summed E-state index contributed by atoms with van der Waals surface area (Å²) in [6.07, 6.45) is 2.47. The lowest BCUT2D eigenvalue weighted by Gasteiger charge is -2.23. The highest BCUT2D eigenvalue weighted by molar-refractivity contribution is 9.10. The van der Waals surface area contributed by atoms with E-state index in [2.05, 4.69) is 62.3 Å². The van der Waals surface area contributed by atoms with Gasteiger partial charge >= 0.3 is 0 Å². The van der Waals surface area contributed by atoms with E-state index in [9.17, 15) is 0 Å². The Hall–Kier alpha value is -0.950. The summed E-state index contributed by atoms with van der Waals surface area (Å²) in [7, 11) is 2.09. The molecule has 2 N–H and O–H groups in total. The summed E-state index contributed by atoms with van der Waals surface area (Å²) in [5.41, 5.74) is 7.18. The zero-order valence-electron chi connectivity index (χ0n) is 12.5. The SMILES string of the molecule is CN(Cc1noc(CN)n1)CC1(c2ccc(Br)cc2)CC1.Cl. The molecule has 2 aromatic rings. The maximum Gasteiger partial charge on any atom is 0.240 e. The third-order valence-electron chi connectivity index (χ3n) is 3.98. The average Bonchev–Trinajstić information content (AvgIpc) is 3.10. The molecule has 5 nitrogen and oxygen atoms in total. The summed E-state index contributed by atoms with van der Waals surface area (Å²) in [5.74, 6) is 1.19. The molecule has 1 aromatic carbocycles. The van der Waals surface area contributed by atoms with Crippen LogP contribution in [0.3, 0.4) is 0 Å². The van der Waals surface area contributed by atoms with Crippen molar-refractivity contribution in [3.8, 4) is 0 Å². The van der Waals surface area contributed by atoms with E-state index < -0.39 is 0 Å². The second-order valence-corrected chi connectivity index (χ2v) is 6.68. The molecule has 22 heavy (non-hydrogen) atoms. The Labute approximate surface area is 144 Å². The normalized spacial score (nSPS) is 15.6. The summed E-state index contributed by atoms with van der Waals surface area (Å²) in [5, 5.41) is 3.95. The number of halogens is 2. The van der Waals surface area contributed by atoms with Gasteiger partial charge in [-0.25, -0.2) is 0 Å². The van der Waals surface area contributed by atoms with Crippen molar-refractivity contribution in [1.82, 2.24) is 15.0 Å². The molecule has 1 heterocycles. The van der Waals surface area contributed by atoms with Crippen molar-refractivity contribution in [2.75, 3.05) is 13.6 Å². The van der Waals surface area contributed by atoms with Crippen LogP contribution in [0.4, 0.5) is 0 Å². The molecule has 7 heteroatoms. The summed E-state index contributed by atoms with van der Waals surface area (Å²) in [6.45, 7) is 1.97. The largest absolute Gasteiger partial charge is 0.338 e. The van der Waals surface area contributed by atoms with Crippen molar-refractivity contribution >= 4 is 28.3 Å². The van der Waals surface area contributed by atoms with Gasteiger partial charge in [-0.3, -0.25) is 4.90 Å². The monoisotopic (exact) mass is 386 g/mol. The highest BCUT2D eigenvalue weighted by Gasteiger charge is 2.44. The van der Waals surface area contributed by atoms with E-state index in [1.54, 1.807) is 0 Å². The first kappa shape index (κ1) is 17.4. The number of hydrogen-bond donors (Lipinski definition) is 1. The highest BCUT2D eigenvalue weighted by Crippen LogP contribution is 2.48. The topological polar surface area (TPSA) is 68.2 Å². The molecule has 0 spiro atoms. The van der Waals surface area contributed by atoms with Gasteiger partial charge in [-0.15, -0.1) is 12.4 Å². The smallest absolute Gasteiger partial charge is 0.240 e. The first-order chi connectivity index (χ1) is 10.1. The molecule has 0 atom stereocenters. The zero-order valence-corrected chi connectivity index (χ0v) is 14.9. The van der Waals surface area contributed by atoms with E-state index >= 15 is 0 Å². The Morgan fingerprint density at radius 3 is 2.55 bits per heavy atom. The second-order valence-electron chi connectivity index (χ2n) is 5.77. The number of nitrogens with zero attached hydrogens (tertiary/aromatic N) is 3. The van der Waals surface area contributed by atoms with Gasteiger partial charge in [-0.05, 0) is 37.6 Å². The fraction of sp³-hybridized carbons (Fsp3) is 0.467. The maximum atomic E-state index is 5.48. The average molecular weight is 388 g/mol. The Bertz CT molecular complexity index is 612. The molecule has 1 aliphatic rings. The Balaban J connectivity index is 0.00000176. The van der Waals surface area contributed by atoms with Crippen LogP contribution in [0.25, 0.3) is 0 Å². The van der Waals surface area contributed by atoms with Gasteiger partial charge in [-0.1, -0.05) is 33.2 Å². The minimum absolute atomic E-state index is 0. The van der Waals surface area contributed by atoms with Crippen LogP contribution in [-0.4, -0.2) is 28.6 Å². The lowest BCUT2D eigenvalue weighted by molar-refractivity contribution is 0.280. The molecule has 1 saturated carbocycles. The minimum atomic E-state index is 0. The predicted octanol–water partition coefficient (Wildman–Crippen LogP) is 2.88.